The van der Waals surface area contributed by atoms with Gasteiger partial charge in [0.15, 0.2) is 0 Å². The van der Waals surface area contributed by atoms with E-state index in [9.17, 15) is 9.59 Å². The molecule has 0 spiro atoms. The molecule has 0 bridgehead atoms. The zero-order valence-corrected chi connectivity index (χ0v) is 17.2. The van der Waals surface area contributed by atoms with Gasteiger partial charge in [-0.1, -0.05) is 0 Å². The van der Waals surface area contributed by atoms with Crippen molar-refractivity contribution >= 4 is 11.9 Å². The molecular weight excluding hydrogens is 392 g/mol. The predicted octanol–water partition coefficient (Wildman–Crippen LogP) is 1.94. The van der Waals surface area contributed by atoms with Crippen LogP contribution in [0.1, 0.15) is 49.0 Å². The molecule has 2 saturated heterocycles. The van der Waals surface area contributed by atoms with E-state index in [-0.39, 0.29) is 12.2 Å². The normalized spacial score (nSPS) is 26.5. The highest BCUT2D eigenvalue weighted by molar-refractivity contribution is 5.71. The molecule has 10 heteroatoms. The Kier molecular flexibility index (Phi) is 7.22. The van der Waals surface area contributed by atoms with Crippen LogP contribution in [0.15, 0.2) is 24.8 Å². The number of hydrogen-bond donors (Lipinski definition) is 2. The number of aliphatic carboxylic acids is 2. The first kappa shape index (κ1) is 22.0. The molecular formula is C20H28N4O6. The summed E-state index contributed by atoms with van der Waals surface area (Å²) in [6.45, 7) is 1.26. The summed E-state index contributed by atoms with van der Waals surface area (Å²) in [5, 5.41) is 26.2. The van der Waals surface area contributed by atoms with Crippen LogP contribution in [0.2, 0.25) is 0 Å². The molecule has 2 fully saturated rings. The zero-order chi connectivity index (χ0) is 21.7. The largest absolute Gasteiger partial charge is 0.481 e. The number of hydrogen-bond acceptors (Lipinski definition) is 6. The molecule has 164 valence electrons. The molecule has 4 atom stereocenters. The molecule has 0 aromatic carbocycles. The van der Waals surface area contributed by atoms with Gasteiger partial charge >= 0.3 is 11.9 Å². The number of aryl methyl sites for hydroxylation is 2. The van der Waals surface area contributed by atoms with Crippen LogP contribution in [-0.2, 0) is 33.2 Å². The summed E-state index contributed by atoms with van der Waals surface area (Å²) in [4.78, 5) is 22.1. The van der Waals surface area contributed by atoms with Gasteiger partial charge in [0.1, 0.15) is 0 Å². The average Bonchev–Trinajstić information content (AvgIpc) is 3.36. The number of aromatic nitrogens is 4. The van der Waals surface area contributed by atoms with Crippen LogP contribution in [0.3, 0.4) is 0 Å². The van der Waals surface area contributed by atoms with E-state index in [0.717, 1.165) is 24.0 Å². The second-order valence-corrected chi connectivity index (χ2v) is 7.65. The molecule has 0 unspecified atom stereocenters. The van der Waals surface area contributed by atoms with Crippen molar-refractivity contribution in [1.29, 1.82) is 0 Å². The summed E-state index contributed by atoms with van der Waals surface area (Å²) in [5.74, 6) is -2.46. The smallest absolute Gasteiger partial charge is 0.309 e. The fourth-order valence-electron chi connectivity index (χ4n) is 3.90. The number of carboxylic acid groups (broad SMARTS) is 2. The molecule has 4 rings (SSSR count). The first-order chi connectivity index (χ1) is 14.4. The van der Waals surface area contributed by atoms with Gasteiger partial charge in [0.05, 0.1) is 36.4 Å². The highest BCUT2D eigenvalue weighted by Gasteiger charge is 2.34. The van der Waals surface area contributed by atoms with E-state index in [4.69, 9.17) is 19.7 Å². The third kappa shape index (κ3) is 5.25. The molecule has 30 heavy (non-hydrogen) atoms. The molecule has 10 nitrogen and oxygen atoms in total. The van der Waals surface area contributed by atoms with Gasteiger partial charge in [0.2, 0.25) is 0 Å². The lowest BCUT2D eigenvalue weighted by Crippen LogP contribution is -2.28. The van der Waals surface area contributed by atoms with Gasteiger partial charge in [-0.2, -0.15) is 10.2 Å². The maximum absolute atomic E-state index is 11.0. The predicted molar refractivity (Wildman–Crippen MR) is 105 cm³/mol. The van der Waals surface area contributed by atoms with E-state index in [1.807, 2.05) is 26.5 Å². The number of rotatable bonds is 4. The fourth-order valence-corrected chi connectivity index (χ4v) is 3.90. The summed E-state index contributed by atoms with van der Waals surface area (Å²) in [6.07, 6.45) is 9.26. The van der Waals surface area contributed by atoms with Crippen molar-refractivity contribution < 1.29 is 29.3 Å². The zero-order valence-electron chi connectivity index (χ0n) is 17.2. The highest BCUT2D eigenvalue weighted by Crippen LogP contribution is 2.34. The second kappa shape index (κ2) is 9.86. The summed E-state index contributed by atoms with van der Waals surface area (Å²) >= 11 is 0. The topological polar surface area (TPSA) is 129 Å². The van der Waals surface area contributed by atoms with Crippen LogP contribution in [0.5, 0.6) is 0 Å². The van der Waals surface area contributed by atoms with Gasteiger partial charge < -0.3 is 19.7 Å². The van der Waals surface area contributed by atoms with Gasteiger partial charge in [-0.15, -0.1) is 0 Å². The third-order valence-electron chi connectivity index (χ3n) is 5.39. The third-order valence-corrected chi connectivity index (χ3v) is 5.39. The Morgan fingerprint density at radius 1 is 0.867 bits per heavy atom. The van der Waals surface area contributed by atoms with Crippen LogP contribution in [0.25, 0.3) is 0 Å². The quantitative estimate of drug-likeness (QED) is 0.768. The Morgan fingerprint density at radius 2 is 1.27 bits per heavy atom. The number of nitrogens with zero attached hydrogens (tertiary/aromatic N) is 4. The highest BCUT2D eigenvalue weighted by atomic mass is 16.5. The maximum Gasteiger partial charge on any atom is 0.309 e. The number of ether oxygens (including phenoxy) is 2. The Morgan fingerprint density at radius 3 is 1.57 bits per heavy atom. The van der Waals surface area contributed by atoms with Crippen molar-refractivity contribution in [2.24, 2.45) is 25.9 Å². The first-order valence-corrected chi connectivity index (χ1v) is 10.0. The minimum Gasteiger partial charge on any atom is -0.481 e. The van der Waals surface area contributed by atoms with E-state index >= 15 is 0 Å². The lowest BCUT2D eigenvalue weighted by atomic mass is 9.91. The van der Waals surface area contributed by atoms with E-state index in [1.165, 1.54) is 0 Å². The summed E-state index contributed by atoms with van der Waals surface area (Å²) < 4.78 is 14.4. The molecule has 2 aromatic heterocycles. The SMILES string of the molecule is Cn1cc([C@@H]2OCCC[C@H]2C(=O)O)cn1.Cn1cc([C@H]2OCCC[C@@H]2C(=O)O)cn1. The Bertz CT molecular complexity index is 793. The maximum atomic E-state index is 11.0. The molecule has 2 aliphatic rings. The van der Waals surface area contributed by atoms with Gasteiger partial charge in [0.25, 0.3) is 0 Å². The molecule has 0 saturated carbocycles. The van der Waals surface area contributed by atoms with Gasteiger partial charge in [-0.05, 0) is 25.7 Å². The van der Waals surface area contributed by atoms with Crippen molar-refractivity contribution in [2.45, 2.75) is 37.9 Å². The van der Waals surface area contributed by atoms with Crippen LogP contribution in [0.4, 0.5) is 0 Å². The molecule has 0 aliphatic carbocycles. The van der Waals surface area contributed by atoms with Crippen molar-refractivity contribution in [1.82, 2.24) is 19.6 Å². The molecule has 2 N–H and O–H groups in total. The van der Waals surface area contributed by atoms with Crippen molar-refractivity contribution in [2.75, 3.05) is 13.2 Å². The van der Waals surface area contributed by atoms with Crippen LogP contribution >= 0.6 is 0 Å². The molecule has 2 aromatic rings. The molecule has 0 amide bonds. The Hall–Kier alpha value is -2.72. The standard InChI is InChI=1S/2C10H14N2O3/c2*1-12-6-7(5-11-12)9-8(10(13)14)3-2-4-15-9/h2*5-6,8-9H,2-4H2,1H3,(H,13,14)/t2*8-,9+/m10/s1. The minimum atomic E-state index is -0.788. The van der Waals surface area contributed by atoms with Crippen LogP contribution < -0.4 is 0 Å². The van der Waals surface area contributed by atoms with E-state index < -0.39 is 23.8 Å². The molecule has 0 radical (unpaired) electrons. The fraction of sp³-hybridized carbons (Fsp3) is 0.600. The summed E-state index contributed by atoms with van der Waals surface area (Å²) in [7, 11) is 3.62. The molecule has 4 heterocycles. The van der Waals surface area contributed by atoms with Gasteiger partial charge in [-0.3, -0.25) is 19.0 Å². The lowest BCUT2D eigenvalue weighted by molar-refractivity contribution is -0.153. The van der Waals surface area contributed by atoms with Gasteiger partial charge in [0, 0.05) is 50.8 Å². The summed E-state index contributed by atoms with van der Waals surface area (Å²) in [6, 6.07) is 0. The number of carbonyl (C=O) groups is 2. The minimum absolute atomic E-state index is 0.343. The average molecular weight is 420 g/mol. The molecule has 2 aliphatic heterocycles. The first-order valence-electron chi connectivity index (χ1n) is 10.0. The van der Waals surface area contributed by atoms with Gasteiger partial charge in [-0.25, -0.2) is 0 Å². The summed E-state index contributed by atoms with van der Waals surface area (Å²) in [5.41, 5.74) is 1.70. The Labute approximate surface area is 174 Å². The van der Waals surface area contributed by atoms with E-state index in [1.54, 1.807) is 21.8 Å². The monoisotopic (exact) mass is 420 g/mol. The van der Waals surface area contributed by atoms with Crippen molar-refractivity contribution in [3.63, 3.8) is 0 Å². The van der Waals surface area contributed by atoms with Crippen molar-refractivity contribution in [3.8, 4) is 0 Å². The Balaban J connectivity index is 0.000000171. The number of carboxylic acids is 2. The van der Waals surface area contributed by atoms with E-state index in [2.05, 4.69) is 10.2 Å². The van der Waals surface area contributed by atoms with E-state index in [0.29, 0.717) is 26.1 Å². The lowest BCUT2D eigenvalue weighted by Gasteiger charge is -2.27. The van der Waals surface area contributed by atoms with Crippen LogP contribution in [0, 0.1) is 11.8 Å². The second-order valence-electron chi connectivity index (χ2n) is 7.65. The van der Waals surface area contributed by atoms with Crippen molar-refractivity contribution in [3.05, 3.63) is 35.9 Å². The van der Waals surface area contributed by atoms with Crippen LogP contribution in [-0.4, -0.2) is 54.9 Å².